The van der Waals surface area contributed by atoms with Crippen LogP contribution in [-0.2, 0) is 31.7 Å². The molecule has 0 spiro atoms. The first-order valence-electron chi connectivity index (χ1n) is 9.62. The second-order valence-electron chi connectivity index (χ2n) is 5.99. The number of hydrogen-bond acceptors (Lipinski definition) is 12. The monoisotopic (exact) mass is 560 g/mol. The number of thiocyanates is 2. The number of rotatable bonds is 7. The van der Waals surface area contributed by atoms with Crippen molar-refractivity contribution in [2.75, 3.05) is 24.7 Å². The summed E-state index contributed by atoms with van der Waals surface area (Å²) in [5, 5.41) is 18.7. The average Bonchev–Trinajstić information content (AvgIpc) is 2.83. The van der Waals surface area contributed by atoms with Gasteiger partial charge in [-0.25, -0.2) is 23.6 Å². The number of nitriles is 2. The summed E-state index contributed by atoms with van der Waals surface area (Å²) in [6.07, 6.45) is 0. The molecule has 0 heterocycles. The smallest absolute Gasteiger partial charge is 0.696 e. The summed E-state index contributed by atoms with van der Waals surface area (Å²) < 4.78 is 35.0. The van der Waals surface area contributed by atoms with Crippen LogP contribution in [0.2, 0.25) is 0 Å². The van der Waals surface area contributed by atoms with E-state index in [1.165, 1.54) is 11.5 Å². The van der Waals surface area contributed by atoms with E-state index in [1.54, 1.807) is 19.2 Å². The van der Waals surface area contributed by atoms with E-state index in [9.17, 15) is 28.0 Å². The molecule has 0 amide bonds. The van der Waals surface area contributed by atoms with Crippen molar-refractivity contribution in [1.29, 1.82) is 10.5 Å². The van der Waals surface area contributed by atoms with Crippen molar-refractivity contribution < 1.29 is 67.0 Å². The first kappa shape index (κ1) is 35.9. The van der Waals surface area contributed by atoms with Crippen LogP contribution in [0.3, 0.4) is 0 Å². The molecule has 2 aromatic rings. The molecule has 0 aliphatic heterocycles. The van der Waals surface area contributed by atoms with Crippen LogP contribution in [0, 0.1) is 33.0 Å². The molecule has 37 heavy (non-hydrogen) atoms. The van der Waals surface area contributed by atoms with Crippen molar-refractivity contribution in [3.8, 4) is 10.8 Å². The van der Waals surface area contributed by atoms with Gasteiger partial charge in [0.15, 0.2) is 0 Å². The van der Waals surface area contributed by atoms with E-state index in [2.05, 4.69) is 22.1 Å². The van der Waals surface area contributed by atoms with E-state index in [0.29, 0.717) is 11.8 Å². The van der Waals surface area contributed by atoms with Crippen LogP contribution in [0.4, 0.5) is 20.2 Å². The molecule has 0 saturated carbocycles. The summed E-state index contributed by atoms with van der Waals surface area (Å²) in [6.45, 7) is 3.29. The molecule has 4 N–H and O–H groups in total. The number of carbonyl (C=O) groups is 4. The molecule has 0 bridgehead atoms. The number of nitrogens with two attached hydrogens (primary N) is 2. The molecule has 0 saturated heterocycles. The average molecular weight is 561 g/mol. The fraction of sp³-hybridized carbons (Fsp3) is 0.182. The molecular weight excluding hydrogens is 541 g/mol. The predicted octanol–water partition coefficient (Wildman–Crippen LogP) is -0.101. The fourth-order valence-corrected chi connectivity index (χ4v) is 2.71. The molecular formula is C22H19F2N4NaO6S2. The molecule has 190 valence electrons. The number of hydrogen-bond donors (Lipinski definition) is 2. The SMILES string of the molecule is CCOC(=O)C(=O)c1cc(N)c(F)cc1SC#N.CCOC(=O)C(=O)c1ccc(F)c(N)c1.N#C[S-].[Na+]. The van der Waals surface area contributed by atoms with Crippen molar-refractivity contribution in [2.45, 2.75) is 18.7 Å². The Morgan fingerprint density at radius 2 is 1.41 bits per heavy atom. The van der Waals surface area contributed by atoms with Crippen molar-refractivity contribution >= 4 is 59.3 Å². The number of carbonyl (C=O) groups excluding carboxylic acids is 4. The van der Waals surface area contributed by atoms with Crippen LogP contribution in [0.25, 0.3) is 0 Å². The van der Waals surface area contributed by atoms with E-state index in [4.69, 9.17) is 22.0 Å². The number of esters is 2. The third kappa shape index (κ3) is 12.0. The number of anilines is 2. The Hall–Kier alpha value is -3.27. The predicted molar refractivity (Wildman–Crippen MR) is 128 cm³/mol. The zero-order valence-corrected chi connectivity index (χ0v) is 23.5. The van der Waals surface area contributed by atoms with Gasteiger partial charge < -0.3 is 33.6 Å². The largest absolute Gasteiger partial charge is 1.00 e. The van der Waals surface area contributed by atoms with Gasteiger partial charge in [-0.2, -0.15) is 5.26 Å². The van der Waals surface area contributed by atoms with Gasteiger partial charge in [0.25, 0.3) is 11.6 Å². The molecule has 15 heteroatoms. The number of nitrogen functional groups attached to an aromatic ring is 2. The molecule has 2 aromatic carbocycles. The minimum atomic E-state index is -1.07. The van der Waals surface area contributed by atoms with Crippen molar-refractivity contribution in [3.63, 3.8) is 0 Å². The van der Waals surface area contributed by atoms with Gasteiger partial charge in [-0.15, -0.1) is 0 Å². The molecule has 0 atom stereocenters. The van der Waals surface area contributed by atoms with Crippen molar-refractivity contribution in [3.05, 3.63) is 53.1 Å². The minimum absolute atomic E-state index is 0. The number of Topliss-reactive ketones (excluding diaryl/α,β-unsaturated/α-hetero) is 2. The van der Waals surface area contributed by atoms with Gasteiger partial charge in [-0.05, 0) is 55.9 Å². The molecule has 0 aliphatic rings. The summed E-state index contributed by atoms with van der Waals surface area (Å²) >= 11 is 4.27. The molecule has 0 unspecified atom stereocenters. The van der Waals surface area contributed by atoms with Gasteiger partial charge in [-0.1, -0.05) is 5.40 Å². The number of thioether (sulfide) groups is 1. The zero-order chi connectivity index (χ0) is 27.8. The molecule has 0 aliphatic carbocycles. The number of halogens is 2. The Kier molecular flexibility index (Phi) is 18.4. The topological polar surface area (TPSA) is 186 Å². The number of nitrogens with zero attached hydrogens (tertiary/aromatic N) is 2. The fourth-order valence-electron chi connectivity index (χ4n) is 2.19. The van der Waals surface area contributed by atoms with Crippen LogP contribution in [0.5, 0.6) is 0 Å². The van der Waals surface area contributed by atoms with Crippen LogP contribution in [0.1, 0.15) is 34.6 Å². The summed E-state index contributed by atoms with van der Waals surface area (Å²) in [4.78, 5) is 45.4. The molecule has 0 fully saturated rings. The molecule has 0 aromatic heterocycles. The van der Waals surface area contributed by atoms with E-state index in [0.717, 1.165) is 24.3 Å². The first-order chi connectivity index (χ1) is 17.0. The third-order valence-corrected chi connectivity index (χ3v) is 4.33. The minimum Gasteiger partial charge on any atom is -0.696 e. The standard InChI is InChI=1S/C11H9FN2O3S.C10H10FNO3.CHNS.Na/c1-2-17-11(16)10(15)6-3-8(14)7(12)4-9(6)18-5-13;1-2-15-10(14)9(13)6-3-4-7(11)8(12)5-6;2-1-3;/h3-4H,2,14H2,1H3;3-5H,2,12H2,1H3;3H;/q;;;+1/p-1. The van der Waals surface area contributed by atoms with E-state index < -0.39 is 35.1 Å². The van der Waals surface area contributed by atoms with Crippen molar-refractivity contribution in [1.82, 2.24) is 0 Å². The number of ketones is 2. The van der Waals surface area contributed by atoms with Gasteiger partial charge >= 0.3 is 41.5 Å². The molecule has 0 radical (unpaired) electrons. The maximum atomic E-state index is 13.2. The Morgan fingerprint density at radius 3 is 1.86 bits per heavy atom. The van der Waals surface area contributed by atoms with Gasteiger partial charge in [0, 0.05) is 16.0 Å². The normalized spacial score (nSPS) is 8.81. The van der Waals surface area contributed by atoms with Gasteiger partial charge in [0.2, 0.25) is 0 Å². The van der Waals surface area contributed by atoms with Crippen molar-refractivity contribution in [2.24, 2.45) is 0 Å². The van der Waals surface area contributed by atoms with E-state index in [-0.39, 0.29) is 70.2 Å². The van der Waals surface area contributed by atoms with Crippen LogP contribution in [0.15, 0.2) is 35.2 Å². The Bertz CT molecular complexity index is 1220. The summed E-state index contributed by atoms with van der Waals surface area (Å²) in [5.41, 5.74) is 10.0. The Labute approximate surface area is 243 Å². The first-order valence-corrected chi connectivity index (χ1v) is 10.8. The number of ether oxygens (including phenoxy) is 2. The summed E-state index contributed by atoms with van der Waals surface area (Å²) in [5.74, 6) is -5.21. The summed E-state index contributed by atoms with van der Waals surface area (Å²) in [7, 11) is 0. The van der Waals surface area contributed by atoms with Gasteiger partial charge in [-0.3, -0.25) is 9.59 Å². The van der Waals surface area contributed by atoms with Gasteiger partial charge in [0.05, 0.1) is 24.6 Å². The van der Waals surface area contributed by atoms with Crippen LogP contribution >= 0.6 is 11.8 Å². The molecule has 10 nitrogen and oxygen atoms in total. The Balaban J connectivity index is 0. The quantitative estimate of drug-likeness (QED) is 0.0670. The van der Waals surface area contributed by atoms with E-state index in [1.807, 2.05) is 0 Å². The van der Waals surface area contributed by atoms with Crippen LogP contribution in [-0.4, -0.2) is 36.7 Å². The van der Waals surface area contributed by atoms with Crippen LogP contribution < -0.4 is 41.0 Å². The summed E-state index contributed by atoms with van der Waals surface area (Å²) in [6, 6.07) is 5.28. The third-order valence-electron chi connectivity index (χ3n) is 3.68. The Morgan fingerprint density at radius 1 is 0.919 bits per heavy atom. The van der Waals surface area contributed by atoms with Gasteiger partial charge in [0.1, 0.15) is 17.0 Å². The second kappa shape index (κ2) is 18.9. The molecule has 2 rings (SSSR count). The number of benzene rings is 2. The van der Waals surface area contributed by atoms with E-state index >= 15 is 0 Å². The zero-order valence-electron chi connectivity index (χ0n) is 19.9. The maximum absolute atomic E-state index is 13.2. The second-order valence-corrected chi connectivity index (χ2v) is 7.00. The maximum Gasteiger partial charge on any atom is 1.00 e.